The topological polar surface area (TPSA) is 51.0 Å². The van der Waals surface area contributed by atoms with Gasteiger partial charge in [0.2, 0.25) is 0 Å². The summed E-state index contributed by atoms with van der Waals surface area (Å²) in [6.07, 6.45) is 0.0763. The minimum atomic E-state index is -4.43. The summed E-state index contributed by atoms with van der Waals surface area (Å²) in [6.45, 7) is 2.78. The fourth-order valence-electron chi connectivity index (χ4n) is 2.85. The Bertz CT molecular complexity index is 724. The molecule has 2 aromatic rings. The molecule has 5 nitrogen and oxygen atoms in total. The Hall–Kier alpha value is -2.38. The Labute approximate surface area is 137 Å². The Morgan fingerprint density at radius 1 is 1.29 bits per heavy atom. The van der Waals surface area contributed by atoms with E-state index in [4.69, 9.17) is 0 Å². The number of hydrogen-bond acceptors (Lipinski definition) is 4. The molecule has 1 atom stereocenters. The van der Waals surface area contributed by atoms with Gasteiger partial charge in [-0.05, 0) is 38.0 Å². The zero-order valence-corrected chi connectivity index (χ0v) is 13.1. The predicted molar refractivity (Wildman–Crippen MR) is 82.0 cm³/mol. The van der Waals surface area contributed by atoms with Gasteiger partial charge in [-0.2, -0.15) is 18.3 Å². The molecule has 0 saturated carbocycles. The van der Waals surface area contributed by atoms with Crippen LogP contribution in [0.1, 0.15) is 41.9 Å². The van der Waals surface area contributed by atoms with Crippen molar-refractivity contribution >= 4 is 11.6 Å². The largest absolute Gasteiger partial charge is 0.435 e. The second-order valence-corrected chi connectivity index (χ2v) is 5.88. The van der Waals surface area contributed by atoms with Crippen LogP contribution in [0.15, 0.2) is 30.6 Å². The molecule has 1 saturated heterocycles. The van der Waals surface area contributed by atoms with Crippen LogP contribution in [0.2, 0.25) is 0 Å². The highest BCUT2D eigenvalue weighted by Gasteiger charge is 2.34. The van der Waals surface area contributed by atoms with E-state index in [1.54, 1.807) is 12.1 Å². The lowest BCUT2D eigenvalue weighted by atomic mass is 10.1. The standard InChI is InChI=1S/C16H17F3N4O/c1-11(24)12-4-5-15(20-9-12)22-7-2-3-13(10-22)23-8-6-14(21-23)16(17,18)19/h4-6,8-9,13H,2-3,7,10H2,1H3/t13-/m1/s1. The van der Waals surface area contributed by atoms with E-state index in [1.165, 1.54) is 24.0 Å². The van der Waals surface area contributed by atoms with Crippen molar-refractivity contribution in [1.82, 2.24) is 14.8 Å². The summed E-state index contributed by atoms with van der Waals surface area (Å²) >= 11 is 0. The van der Waals surface area contributed by atoms with E-state index in [2.05, 4.69) is 10.1 Å². The number of aromatic nitrogens is 3. The third-order valence-corrected chi connectivity index (χ3v) is 4.15. The second kappa shape index (κ2) is 6.26. The molecule has 0 aliphatic carbocycles. The van der Waals surface area contributed by atoms with Gasteiger partial charge in [0, 0.05) is 31.0 Å². The number of ketones is 1. The zero-order valence-electron chi connectivity index (χ0n) is 13.1. The number of Topliss-reactive ketones (excluding diaryl/α,β-unsaturated/α-hetero) is 1. The van der Waals surface area contributed by atoms with Gasteiger partial charge in [0.15, 0.2) is 11.5 Å². The maximum Gasteiger partial charge on any atom is 0.435 e. The number of rotatable bonds is 3. The lowest BCUT2D eigenvalue weighted by Gasteiger charge is -2.33. The molecule has 0 aromatic carbocycles. The maximum atomic E-state index is 12.7. The van der Waals surface area contributed by atoms with Crippen LogP contribution in [0, 0.1) is 0 Å². The molecule has 2 aromatic heterocycles. The molecular weight excluding hydrogens is 321 g/mol. The fraction of sp³-hybridized carbons (Fsp3) is 0.438. The first-order valence-corrected chi connectivity index (χ1v) is 7.69. The first kappa shape index (κ1) is 16.5. The maximum absolute atomic E-state index is 12.7. The van der Waals surface area contributed by atoms with Crippen LogP contribution >= 0.6 is 0 Å². The Kier molecular flexibility index (Phi) is 4.29. The molecule has 0 amide bonds. The molecule has 1 aliphatic rings. The monoisotopic (exact) mass is 338 g/mol. The van der Waals surface area contributed by atoms with Crippen LogP contribution in [0.4, 0.5) is 19.0 Å². The lowest BCUT2D eigenvalue weighted by molar-refractivity contribution is -0.141. The summed E-state index contributed by atoms with van der Waals surface area (Å²) in [4.78, 5) is 17.6. The van der Waals surface area contributed by atoms with E-state index in [-0.39, 0.29) is 11.8 Å². The van der Waals surface area contributed by atoms with Crippen molar-refractivity contribution in [3.05, 3.63) is 41.9 Å². The lowest BCUT2D eigenvalue weighted by Crippen LogP contribution is -2.37. The number of pyridine rings is 1. The van der Waals surface area contributed by atoms with Crippen molar-refractivity contribution in [1.29, 1.82) is 0 Å². The molecule has 0 spiro atoms. The normalized spacial score (nSPS) is 18.7. The van der Waals surface area contributed by atoms with Gasteiger partial charge >= 0.3 is 6.18 Å². The van der Waals surface area contributed by atoms with Gasteiger partial charge in [-0.25, -0.2) is 4.98 Å². The number of carbonyl (C=O) groups excluding carboxylic acids is 1. The highest BCUT2D eigenvalue weighted by atomic mass is 19.4. The van der Waals surface area contributed by atoms with E-state index in [1.807, 2.05) is 4.90 Å². The number of hydrogen-bond donors (Lipinski definition) is 0. The smallest absolute Gasteiger partial charge is 0.354 e. The summed E-state index contributed by atoms with van der Waals surface area (Å²) in [5.41, 5.74) is -0.335. The van der Waals surface area contributed by atoms with E-state index in [0.29, 0.717) is 17.9 Å². The highest BCUT2D eigenvalue weighted by molar-refractivity contribution is 5.93. The van der Waals surface area contributed by atoms with Crippen molar-refractivity contribution in [3.63, 3.8) is 0 Å². The molecule has 3 rings (SSSR count). The summed E-state index contributed by atoms with van der Waals surface area (Å²) in [6, 6.07) is 4.34. The minimum absolute atomic E-state index is 0.0539. The van der Waals surface area contributed by atoms with E-state index >= 15 is 0 Å². The van der Waals surface area contributed by atoms with Crippen molar-refractivity contribution in [2.24, 2.45) is 0 Å². The summed E-state index contributed by atoms with van der Waals surface area (Å²) in [5.74, 6) is 0.662. The molecule has 1 fully saturated rings. The van der Waals surface area contributed by atoms with Crippen LogP contribution in [-0.4, -0.2) is 33.6 Å². The second-order valence-electron chi connectivity index (χ2n) is 5.88. The van der Waals surface area contributed by atoms with Crippen LogP contribution in [-0.2, 0) is 6.18 Å². The molecule has 1 aliphatic heterocycles. The average Bonchev–Trinajstić information content (AvgIpc) is 3.05. The molecule has 0 N–H and O–H groups in total. The van der Waals surface area contributed by atoms with Crippen molar-refractivity contribution in [2.75, 3.05) is 18.0 Å². The van der Waals surface area contributed by atoms with Gasteiger partial charge in [-0.3, -0.25) is 9.48 Å². The molecule has 24 heavy (non-hydrogen) atoms. The Morgan fingerprint density at radius 3 is 2.67 bits per heavy atom. The highest BCUT2D eigenvalue weighted by Crippen LogP contribution is 2.30. The van der Waals surface area contributed by atoms with Crippen LogP contribution in [0.25, 0.3) is 0 Å². The minimum Gasteiger partial charge on any atom is -0.354 e. The zero-order chi connectivity index (χ0) is 17.3. The Balaban J connectivity index is 1.74. The van der Waals surface area contributed by atoms with E-state index < -0.39 is 11.9 Å². The summed E-state index contributed by atoms with van der Waals surface area (Å²) in [7, 11) is 0. The molecular formula is C16H17F3N4O. The molecule has 8 heteroatoms. The fourth-order valence-corrected chi connectivity index (χ4v) is 2.85. The first-order valence-electron chi connectivity index (χ1n) is 7.69. The third-order valence-electron chi connectivity index (χ3n) is 4.15. The van der Waals surface area contributed by atoms with Crippen LogP contribution in [0.3, 0.4) is 0 Å². The molecule has 128 valence electrons. The quantitative estimate of drug-likeness (QED) is 0.806. The predicted octanol–water partition coefficient (Wildman–Crippen LogP) is 3.34. The van der Waals surface area contributed by atoms with Gasteiger partial charge in [-0.15, -0.1) is 0 Å². The van der Waals surface area contributed by atoms with Crippen molar-refractivity contribution < 1.29 is 18.0 Å². The molecule has 0 radical (unpaired) electrons. The molecule has 0 bridgehead atoms. The van der Waals surface area contributed by atoms with Gasteiger partial charge in [0.05, 0.1) is 6.04 Å². The molecule has 3 heterocycles. The van der Waals surface area contributed by atoms with Crippen molar-refractivity contribution in [3.8, 4) is 0 Å². The summed E-state index contributed by atoms with van der Waals surface area (Å²) in [5, 5.41) is 3.67. The van der Waals surface area contributed by atoms with Gasteiger partial charge in [0.1, 0.15) is 5.82 Å². The number of piperidine rings is 1. The SMILES string of the molecule is CC(=O)c1ccc(N2CCC[C@@H](n3ccc(C(F)(F)F)n3)C2)nc1. The molecule has 0 unspecified atom stereocenters. The first-order chi connectivity index (χ1) is 11.3. The van der Waals surface area contributed by atoms with Gasteiger partial charge < -0.3 is 4.90 Å². The van der Waals surface area contributed by atoms with E-state index in [9.17, 15) is 18.0 Å². The number of carbonyl (C=O) groups is 1. The average molecular weight is 338 g/mol. The van der Waals surface area contributed by atoms with Gasteiger partial charge in [0.25, 0.3) is 0 Å². The number of nitrogens with zero attached hydrogens (tertiary/aromatic N) is 4. The van der Waals surface area contributed by atoms with E-state index in [0.717, 1.165) is 25.5 Å². The third kappa shape index (κ3) is 3.42. The van der Waals surface area contributed by atoms with Crippen LogP contribution < -0.4 is 4.90 Å². The number of halogens is 3. The number of anilines is 1. The Morgan fingerprint density at radius 2 is 2.08 bits per heavy atom. The van der Waals surface area contributed by atoms with Crippen LogP contribution in [0.5, 0.6) is 0 Å². The van der Waals surface area contributed by atoms with Crippen molar-refractivity contribution in [2.45, 2.75) is 32.0 Å². The summed E-state index contributed by atoms with van der Waals surface area (Å²) < 4.78 is 39.5. The number of alkyl halides is 3. The van der Waals surface area contributed by atoms with Gasteiger partial charge in [-0.1, -0.05) is 0 Å².